The van der Waals surface area contributed by atoms with Crippen molar-refractivity contribution in [2.24, 2.45) is 5.92 Å². The highest BCUT2D eigenvalue weighted by molar-refractivity contribution is 5.89. The average Bonchev–Trinajstić information content (AvgIpc) is 2.91. The lowest BCUT2D eigenvalue weighted by Crippen LogP contribution is -2.33. The maximum atomic E-state index is 11.7. The number of hydrogen-bond acceptors (Lipinski definition) is 3. The van der Waals surface area contributed by atoms with Gasteiger partial charge in [0.1, 0.15) is 0 Å². The van der Waals surface area contributed by atoms with Gasteiger partial charge >= 0.3 is 0 Å². The van der Waals surface area contributed by atoms with Crippen molar-refractivity contribution in [2.45, 2.75) is 33.2 Å². The fraction of sp³-hybridized carbons (Fsp3) is 0.615. The molecule has 0 spiro atoms. The Bertz CT molecular complexity index is 481. The summed E-state index contributed by atoms with van der Waals surface area (Å²) in [6.45, 7) is 5.86. The molecule has 1 aromatic heterocycles. The minimum Gasteiger partial charge on any atom is -0.356 e. The van der Waals surface area contributed by atoms with E-state index in [1.807, 2.05) is 24.6 Å². The smallest absolute Gasteiger partial charge is 0.225 e. The zero-order chi connectivity index (χ0) is 13.8. The highest BCUT2D eigenvalue weighted by Gasteiger charge is 2.27. The largest absolute Gasteiger partial charge is 0.356 e. The van der Waals surface area contributed by atoms with Crippen molar-refractivity contribution in [1.82, 2.24) is 20.4 Å². The number of amides is 2. The maximum Gasteiger partial charge on any atom is 0.225 e. The first kappa shape index (κ1) is 13.6. The zero-order valence-electron chi connectivity index (χ0n) is 11.4. The Hall–Kier alpha value is -1.85. The van der Waals surface area contributed by atoms with E-state index in [0.29, 0.717) is 19.5 Å². The summed E-state index contributed by atoms with van der Waals surface area (Å²) < 4.78 is 1.95. The highest BCUT2D eigenvalue weighted by atomic mass is 16.2. The van der Waals surface area contributed by atoms with Crippen LogP contribution in [0.1, 0.15) is 24.2 Å². The molecule has 0 radical (unpaired) electrons. The summed E-state index contributed by atoms with van der Waals surface area (Å²) in [4.78, 5) is 22.8. The van der Waals surface area contributed by atoms with E-state index in [9.17, 15) is 9.59 Å². The van der Waals surface area contributed by atoms with E-state index in [2.05, 4.69) is 15.7 Å². The van der Waals surface area contributed by atoms with Gasteiger partial charge in [0.05, 0.1) is 11.6 Å². The molecule has 6 heteroatoms. The molecule has 2 heterocycles. The Morgan fingerprint density at radius 1 is 1.58 bits per heavy atom. The summed E-state index contributed by atoms with van der Waals surface area (Å²) in [6, 6.07) is 2.04. The quantitative estimate of drug-likeness (QED) is 0.743. The van der Waals surface area contributed by atoms with Crippen LogP contribution < -0.4 is 10.6 Å². The molecule has 1 fully saturated rings. The molecule has 1 aliphatic heterocycles. The number of rotatable bonds is 5. The lowest BCUT2D eigenvalue weighted by molar-refractivity contribution is -0.126. The van der Waals surface area contributed by atoms with Crippen LogP contribution in [0.4, 0.5) is 0 Å². The van der Waals surface area contributed by atoms with Crippen LogP contribution in [0.2, 0.25) is 0 Å². The van der Waals surface area contributed by atoms with E-state index < -0.39 is 0 Å². The molecule has 1 atom stereocenters. The Morgan fingerprint density at radius 2 is 2.37 bits per heavy atom. The van der Waals surface area contributed by atoms with Gasteiger partial charge in [-0.2, -0.15) is 5.10 Å². The van der Waals surface area contributed by atoms with Crippen molar-refractivity contribution in [3.63, 3.8) is 0 Å². The van der Waals surface area contributed by atoms with E-state index in [0.717, 1.165) is 24.4 Å². The average molecular weight is 264 g/mol. The number of aryl methyl sites for hydroxylation is 3. The molecule has 1 unspecified atom stereocenters. The Morgan fingerprint density at radius 3 is 2.95 bits per heavy atom. The van der Waals surface area contributed by atoms with Crippen molar-refractivity contribution in [1.29, 1.82) is 0 Å². The number of nitrogens with zero attached hydrogens (tertiary/aromatic N) is 2. The summed E-state index contributed by atoms with van der Waals surface area (Å²) in [7, 11) is 0. The first-order valence-corrected chi connectivity index (χ1v) is 6.61. The fourth-order valence-electron chi connectivity index (χ4n) is 2.28. The SMILES string of the molecule is Cc1cc(C)n(CCCNC(=O)C2CNC(=O)C2)n1. The van der Waals surface area contributed by atoms with E-state index >= 15 is 0 Å². The van der Waals surface area contributed by atoms with Gasteiger partial charge < -0.3 is 10.6 Å². The van der Waals surface area contributed by atoms with Crippen LogP contribution in [-0.4, -0.2) is 34.7 Å². The summed E-state index contributed by atoms with van der Waals surface area (Å²) in [5.41, 5.74) is 2.14. The maximum absolute atomic E-state index is 11.7. The molecule has 2 rings (SSSR count). The molecule has 0 aliphatic carbocycles. The highest BCUT2D eigenvalue weighted by Crippen LogP contribution is 2.08. The fourth-order valence-corrected chi connectivity index (χ4v) is 2.28. The lowest BCUT2D eigenvalue weighted by Gasteiger charge is -2.09. The molecule has 2 N–H and O–H groups in total. The second-order valence-corrected chi connectivity index (χ2v) is 5.00. The molecular formula is C13H20N4O2. The van der Waals surface area contributed by atoms with Crippen molar-refractivity contribution in [2.75, 3.05) is 13.1 Å². The second kappa shape index (κ2) is 5.86. The third-order valence-electron chi connectivity index (χ3n) is 3.30. The van der Waals surface area contributed by atoms with Gasteiger partial charge in [-0.1, -0.05) is 0 Å². The molecule has 1 aromatic rings. The van der Waals surface area contributed by atoms with Crippen LogP contribution in [0.15, 0.2) is 6.07 Å². The normalized spacial score (nSPS) is 18.4. The summed E-state index contributed by atoms with van der Waals surface area (Å²) in [5, 5.41) is 9.90. The van der Waals surface area contributed by atoms with Crippen LogP contribution >= 0.6 is 0 Å². The second-order valence-electron chi connectivity index (χ2n) is 5.00. The molecule has 19 heavy (non-hydrogen) atoms. The van der Waals surface area contributed by atoms with Gasteiger partial charge in [-0.15, -0.1) is 0 Å². The number of carbonyl (C=O) groups is 2. The molecule has 0 bridgehead atoms. The third kappa shape index (κ3) is 3.56. The topological polar surface area (TPSA) is 76.0 Å². The first-order chi connectivity index (χ1) is 9.06. The van der Waals surface area contributed by atoms with Gasteiger partial charge in [-0.25, -0.2) is 0 Å². The molecule has 2 amide bonds. The van der Waals surface area contributed by atoms with Gasteiger partial charge in [-0.05, 0) is 26.3 Å². The van der Waals surface area contributed by atoms with E-state index in [-0.39, 0.29) is 17.7 Å². The minimum atomic E-state index is -0.207. The molecule has 1 aliphatic rings. The Labute approximate surface area is 112 Å². The lowest BCUT2D eigenvalue weighted by atomic mass is 10.1. The van der Waals surface area contributed by atoms with E-state index in [4.69, 9.17) is 0 Å². The van der Waals surface area contributed by atoms with Crippen molar-refractivity contribution < 1.29 is 9.59 Å². The predicted octanol–water partition coefficient (Wildman–Crippen LogP) is 0.142. The number of carbonyl (C=O) groups excluding carboxylic acids is 2. The number of nitrogens with one attached hydrogen (secondary N) is 2. The van der Waals surface area contributed by atoms with Gasteiger partial charge in [0, 0.05) is 31.7 Å². The van der Waals surface area contributed by atoms with E-state index in [1.165, 1.54) is 0 Å². The van der Waals surface area contributed by atoms with Crippen LogP contribution in [-0.2, 0) is 16.1 Å². The van der Waals surface area contributed by atoms with Gasteiger partial charge in [0.2, 0.25) is 11.8 Å². The third-order valence-corrected chi connectivity index (χ3v) is 3.30. The van der Waals surface area contributed by atoms with Gasteiger partial charge in [0.15, 0.2) is 0 Å². The monoisotopic (exact) mass is 264 g/mol. The Balaban J connectivity index is 1.68. The summed E-state index contributed by atoms with van der Waals surface area (Å²) in [6.07, 6.45) is 1.14. The molecule has 0 saturated carbocycles. The number of aromatic nitrogens is 2. The van der Waals surface area contributed by atoms with Crippen LogP contribution in [0.3, 0.4) is 0 Å². The number of hydrogen-bond donors (Lipinski definition) is 2. The van der Waals surface area contributed by atoms with Crippen molar-refractivity contribution >= 4 is 11.8 Å². The summed E-state index contributed by atoms with van der Waals surface area (Å²) in [5.74, 6) is -0.282. The van der Waals surface area contributed by atoms with Crippen molar-refractivity contribution in [3.05, 3.63) is 17.5 Å². The predicted molar refractivity (Wildman–Crippen MR) is 70.4 cm³/mol. The zero-order valence-corrected chi connectivity index (χ0v) is 11.4. The van der Waals surface area contributed by atoms with Gasteiger partial charge in [-0.3, -0.25) is 14.3 Å². The van der Waals surface area contributed by atoms with Gasteiger partial charge in [0.25, 0.3) is 0 Å². The molecule has 1 saturated heterocycles. The summed E-state index contributed by atoms with van der Waals surface area (Å²) >= 11 is 0. The standard InChI is InChI=1S/C13H20N4O2/c1-9-6-10(2)17(16-9)5-3-4-14-13(19)11-7-12(18)15-8-11/h6,11H,3-5,7-8H2,1-2H3,(H,14,19)(H,15,18). The van der Waals surface area contributed by atoms with Crippen LogP contribution in [0.5, 0.6) is 0 Å². The molecule has 0 aromatic carbocycles. The van der Waals surface area contributed by atoms with Crippen LogP contribution in [0, 0.1) is 19.8 Å². The molecule has 104 valence electrons. The van der Waals surface area contributed by atoms with Crippen molar-refractivity contribution in [3.8, 4) is 0 Å². The molecule has 6 nitrogen and oxygen atoms in total. The molecular weight excluding hydrogens is 244 g/mol. The minimum absolute atomic E-state index is 0.0354. The Kier molecular flexibility index (Phi) is 4.19. The first-order valence-electron chi connectivity index (χ1n) is 6.61. The van der Waals surface area contributed by atoms with E-state index in [1.54, 1.807) is 0 Å². The van der Waals surface area contributed by atoms with Crippen LogP contribution in [0.25, 0.3) is 0 Å².